The zero-order chi connectivity index (χ0) is 12.0. The van der Waals surface area contributed by atoms with Gasteiger partial charge in [0.05, 0.1) is 12.7 Å². The fourth-order valence-corrected chi connectivity index (χ4v) is 1.12. The number of nitrogens with one attached hydrogen (secondary N) is 1. The molecule has 0 saturated carbocycles. The zero-order valence-corrected chi connectivity index (χ0v) is 9.03. The molecule has 4 heteroatoms. The highest BCUT2D eigenvalue weighted by atomic mass is 16.5. The summed E-state index contributed by atoms with van der Waals surface area (Å²) in [4.78, 5) is 22.4. The van der Waals surface area contributed by atoms with Gasteiger partial charge >= 0.3 is 5.97 Å². The van der Waals surface area contributed by atoms with Crippen molar-refractivity contribution < 1.29 is 14.3 Å². The molecule has 0 heterocycles. The Morgan fingerprint density at radius 1 is 1.38 bits per heavy atom. The first-order valence-electron chi connectivity index (χ1n) is 4.59. The van der Waals surface area contributed by atoms with Gasteiger partial charge in [-0.15, -0.1) is 0 Å². The van der Waals surface area contributed by atoms with Crippen LogP contribution < -0.4 is 5.32 Å². The highest BCUT2D eigenvalue weighted by molar-refractivity contribution is 6.04. The van der Waals surface area contributed by atoms with Crippen LogP contribution in [0, 0.1) is 11.8 Å². The van der Waals surface area contributed by atoms with E-state index in [1.54, 1.807) is 25.1 Å². The Hall–Kier alpha value is -2.28. The Morgan fingerprint density at radius 2 is 2.12 bits per heavy atom. The SMILES string of the molecule is CC#CC(=O)Nc1cccc(C(=O)OC)c1. The summed E-state index contributed by atoms with van der Waals surface area (Å²) in [7, 11) is 1.30. The maximum Gasteiger partial charge on any atom is 0.337 e. The molecule has 0 aromatic heterocycles. The van der Waals surface area contributed by atoms with E-state index in [0.717, 1.165) is 0 Å². The Balaban J connectivity index is 2.85. The maximum absolute atomic E-state index is 11.2. The number of esters is 1. The van der Waals surface area contributed by atoms with E-state index >= 15 is 0 Å². The second kappa shape index (κ2) is 5.56. The van der Waals surface area contributed by atoms with Crippen LogP contribution >= 0.6 is 0 Å². The molecule has 82 valence electrons. The average Bonchev–Trinajstić information content (AvgIpc) is 2.28. The number of amides is 1. The summed E-state index contributed by atoms with van der Waals surface area (Å²) in [5.74, 6) is 3.96. The molecule has 0 unspecified atom stereocenters. The molecule has 4 nitrogen and oxygen atoms in total. The number of methoxy groups -OCH3 is 1. The Bertz CT molecular complexity index is 469. The Morgan fingerprint density at radius 3 is 2.75 bits per heavy atom. The summed E-state index contributed by atoms with van der Waals surface area (Å²) in [6.45, 7) is 1.57. The summed E-state index contributed by atoms with van der Waals surface area (Å²) >= 11 is 0. The van der Waals surface area contributed by atoms with Gasteiger partial charge in [-0.1, -0.05) is 12.0 Å². The van der Waals surface area contributed by atoms with Crippen LogP contribution in [0.4, 0.5) is 5.69 Å². The van der Waals surface area contributed by atoms with Crippen LogP contribution in [0.5, 0.6) is 0 Å². The number of ether oxygens (including phenoxy) is 1. The minimum Gasteiger partial charge on any atom is -0.465 e. The van der Waals surface area contributed by atoms with E-state index in [0.29, 0.717) is 11.3 Å². The molecule has 16 heavy (non-hydrogen) atoms. The predicted octanol–water partition coefficient (Wildman–Crippen LogP) is 1.43. The van der Waals surface area contributed by atoms with E-state index < -0.39 is 11.9 Å². The molecule has 0 aliphatic carbocycles. The van der Waals surface area contributed by atoms with Crippen LogP contribution in [0.25, 0.3) is 0 Å². The van der Waals surface area contributed by atoms with Crippen LogP contribution in [0.2, 0.25) is 0 Å². The van der Waals surface area contributed by atoms with Gasteiger partial charge in [-0.25, -0.2) is 4.79 Å². The van der Waals surface area contributed by atoms with Crippen LogP contribution in [0.1, 0.15) is 17.3 Å². The minimum atomic E-state index is -0.447. The third kappa shape index (κ3) is 3.14. The van der Waals surface area contributed by atoms with Crippen molar-refractivity contribution in [3.63, 3.8) is 0 Å². The van der Waals surface area contributed by atoms with Crippen molar-refractivity contribution in [2.75, 3.05) is 12.4 Å². The highest BCUT2D eigenvalue weighted by Crippen LogP contribution is 2.11. The first-order valence-corrected chi connectivity index (χ1v) is 4.59. The van der Waals surface area contributed by atoms with Gasteiger partial charge < -0.3 is 10.1 Å². The number of benzene rings is 1. The van der Waals surface area contributed by atoms with Crippen LogP contribution in [-0.4, -0.2) is 19.0 Å². The summed E-state index contributed by atoms with van der Waals surface area (Å²) in [6, 6.07) is 6.46. The lowest BCUT2D eigenvalue weighted by molar-refractivity contribution is -0.111. The number of anilines is 1. The third-order valence-corrected chi connectivity index (χ3v) is 1.78. The molecule has 0 aliphatic rings. The van der Waals surface area contributed by atoms with Crippen LogP contribution in [0.3, 0.4) is 0 Å². The molecule has 0 spiro atoms. The zero-order valence-electron chi connectivity index (χ0n) is 9.03. The Kier molecular flexibility index (Phi) is 4.10. The second-order valence-corrected chi connectivity index (χ2v) is 2.90. The molecule has 0 fully saturated rings. The van der Waals surface area contributed by atoms with Crippen molar-refractivity contribution in [2.24, 2.45) is 0 Å². The monoisotopic (exact) mass is 217 g/mol. The standard InChI is InChI=1S/C12H11NO3/c1-3-5-11(14)13-10-7-4-6-9(8-10)12(15)16-2/h4,6-8H,1-2H3,(H,13,14). The van der Waals surface area contributed by atoms with Gasteiger partial charge in [0.25, 0.3) is 5.91 Å². The lowest BCUT2D eigenvalue weighted by Crippen LogP contribution is -2.09. The van der Waals surface area contributed by atoms with Crippen molar-refractivity contribution in [1.29, 1.82) is 0 Å². The molecule has 1 rings (SSSR count). The van der Waals surface area contributed by atoms with Gasteiger partial charge in [0.1, 0.15) is 0 Å². The fourth-order valence-electron chi connectivity index (χ4n) is 1.12. The van der Waals surface area contributed by atoms with Crippen molar-refractivity contribution in [3.05, 3.63) is 29.8 Å². The van der Waals surface area contributed by atoms with Gasteiger partial charge in [-0.3, -0.25) is 4.79 Å². The number of hydrogen-bond donors (Lipinski definition) is 1. The van der Waals surface area contributed by atoms with Crippen molar-refractivity contribution in [3.8, 4) is 11.8 Å². The fraction of sp³-hybridized carbons (Fsp3) is 0.167. The molecule has 1 amide bonds. The normalized spacial score (nSPS) is 8.62. The maximum atomic E-state index is 11.2. The summed E-state index contributed by atoms with van der Waals surface area (Å²) in [5.41, 5.74) is 0.889. The molecule has 0 aliphatic heterocycles. The molecule has 0 atom stereocenters. The number of carbonyl (C=O) groups excluding carboxylic acids is 2. The van der Waals surface area contributed by atoms with Crippen molar-refractivity contribution >= 4 is 17.6 Å². The average molecular weight is 217 g/mol. The number of hydrogen-bond acceptors (Lipinski definition) is 3. The third-order valence-electron chi connectivity index (χ3n) is 1.78. The van der Waals surface area contributed by atoms with E-state index in [9.17, 15) is 9.59 Å². The van der Waals surface area contributed by atoms with Crippen molar-refractivity contribution in [2.45, 2.75) is 6.92 Å². The van der Waals surface area contributed by atoms with E-state index in [2.05, 4.69) is 21.9 Å². The largest absolute Gasteiger partial charge is 0.465 e. The lowest BCUT2D eigenvalue weighted by atomic mass is 10.2. The molecular formula is C12H11NO3. The molecule has 1 N–H and O–H groups in total. The van der Waals surface area contributed by atoms with E-state index in [1.807, 2.05) is 0 Å². The smallest absolute Gasteiger partial charge is 0.337 e. The summed E-state index contributed by atoms with van der Waals surface area (Å²) in [6.07, 6.45) is 0. The predicted molar refractivity (Wildman–Crippen MR) is 59.9 cm³/mol. The van der Waals surface area contributed by atoms with Crippen LogP contribution in [-0.2, 0) is 9.53 Å². The quantitative estimate of drug-likeness (QED) is 0.602. The van der Waals surface area contributed by atoms with Crippen LogP contribution in [0.15, 0.2) is 24.3 Å². The van der Waals surface area contributed by atoms with Gasteiger partial charge in [-0.2, -0.15) is 0 Å². The summed E-state index contributed by atoms with van der Waals surface area (Å²) in [5, 5.41) is 2.54. The molecular weight excluding hydrogens is 206 g/mol. The van der Waals surface area contributed by atoms with E-state index in [4.69, 9.17) is 0 Å². The van der Waals surface area contributed by atoms with E-state index in [-0.39, 0.29) is 0 Å². The second-order valence-electron chi connectivity index (χ2n) is 2.90. The van der Waals surface area contributed by atoms with Gasteiger partial charge in [-0.05, 0) is 31.0 Å². The number of rotatable bonds is 2. The topological polar surface area (TPSA) is 55.4 Å². The molecule has 0 bridgehead atoms. The molecule has 0 saturated heterocycles. The van der Waals surface area contributed by atoms with Gasteiger partial charge in [0, 0.05) is 5.69 Å². The summed E-state index contributed by atoms with van der Waals surface area (Å²) < 4.78 is 4.56. The Labute approximate surface area is 93.6 Å². The molecule has 0 radical (unpaired) electrons. The first-order chi connectivity index (χ1) is 7.67. The van der Waals surface area contributed by atoms with Gasteiger partial charge in [0.2, 0.25) is 0 Å². The van der Waals surface area contributed by atoms with Gasteiger partial charge in [0.15, 0.2) is 0 Å². The number of carbonyl (C=O) groups is 2. The minimum absolute atomic E-state index is 0.379. The van der Waals surface area contributed by atoms with Crippen molar-refractivity contribution in [1.82, 2.24) is 0 Å². The van der Waals surface area contributed by atoms with E-state index in [1.165, 1.54) is 13.2 Å². The first kappa shape index (κ1) is 11.8. The lowest BCUT2D eigenvalue weighted by Gasteiger charge is -2.03. The highest BCUT2D eigenvalue weighted by Gasteiger charge is 2.06. The molecule has 1 aromatic rings. The molecule has 1 aromatic carbocycles.